The summed E-state index contributed by atoms with van der Waals surface area (Å²) in [6.07, 6.45) is 2.63. The molecule has 7 heteroatoms. The fourth-order valence-corrected chi connectivity index (χ4v) is 2.97. The van der Waals surface area contributed by atoms with Gasteiger partial charge in [0.2, 0.25) is 0 Å². The van der Waals surface area contributed by atoms with Crippen LogP contribution in [0.25, 0.3) is 10.9 Å². The van der Waals surface area contributed by atoms with E-state index in [0.29, 0.717) is 17.4 Å². The second kappa shape index (κ2) is 6.44. The molecule has 0 saturated heterocycles. The topological polar surface area (TPSA) is 60.2 Å². The van der Waals surface area contributed by atoms with Crippen molar-refractivity contribution in [2.45, 2.75) is 45.4 Å². The molecule has 21 heavy (non-hydrogen) atoms. The molecule has 0 radical (unpaired) electrons. The average Bonchev–Trinajstić information content (AvgIpc) is 2.78. The molecule has 5 nitrogen and oxygen atoms in total. The van der Waals surface area contributed by atoms with E-state index in [-0.39, 0.29) is 0 Å². The number of pyridine rings is 1. The first-order chi connectivity index (χ1) is 9.79. The van der Waals surface area contributed by atoms with Gasteiger partial charge in [-0.05, 0) is 13.0 Å². The predicted octanol–water partition coefficient (Wildman–Crippen LogP) is 3.45. The highest BCUT2D eigenvalue weighted by Gasteiger charge is 2.16. The van der Waals surface area contributed by atoms with E-state index in [2.05, 4.69) is 29.7 Å². The summed E-state index contributed by atoms with van der Waals surface area (Å²) in [5.74, 6) is 0. The number of aromatic nitrogens is 3. The highest BCUT2D eigenvalue weighted by Crippen LogP contribution is 2.28. The summed E-state index contributed by atoms with van der Waals surface area (Å²) in [6, 6.07) is 1.11. The number of aliphatic hydroxyl groups is 1. The fraction of sp³-hybridized carbons (Fsp3) is 0.571. The van der Waals surface area contributed by atoms with Crippen molar-refractivity contribution in [2.24, 2.45) is 0 Å². The lowest BCUT2D eigenvalue weighted by Gasteiger charge is -2.16. The van der Waals surface area contributed by atoms with Crippen LogP contribution in [0.5, 0.6) is 0 Å². The standard InChI is InChI=1S/C14H22ClN3O2Si/c1-10(19)11-7-16-14(15)12-8-17-18(13(11)12)9-20-5-6-21(2,3)4/h7-8,10,19H,5-6,9H2,1-4H3. The van der Waals surface area contributed by atoms with Gasteiger partial charge in [-0.1, -0.05) is 31.2 Å². The lowest BCUT2D eigenvalue weighted by atomic mass is 10.1. The van der Waals surface area contributed by atoms with Crippen LogP contribution < -0.4 is 0 Å². The van der Waals surface area contributed by atoms with Crippen LogP contribution in [0.4, 0.5) is 0 Å². The number of fused-ring (bicyclic) bond motifs is 1. The Morgan fingerprint density at radius 2 is 2.10 bits per heavy atom. The lowest BCUT2D eigenvalue weighted by Crippen LogP contribution is -2.22. The van der Waals surface area contributed by atoms with Gasteiger partial charge in [-0.15, -0.1) is 0 Å². The molecule has 2 aromatic heterocycles. The summed E-state index contributed by atoms with van der Waals surface area (Å²) in [7, 11) is -1.10. The molecule has 0 spiro atoms. The van der Waals surface area contributed by atoms with Gasteiger partial charge in [0.15, 0.2) is 0 Å². The Morgan fingerprint density at radius 1 is 1.38 bits per heavy atom. The highest BCUT2D eigenvalue weighted by molar-refractivity contribution is 6.76. The molecule has 0 aliphatic carbocycles. The third kappa shape index (κ3) is 4.03. The van der Waals surface area contributed by atoms with Crippen LogP contribution in [0, 0.1) is 0 Å². The molecule has 0 aliphatic rings. The zero-order chi connectivity index (χ0) is 15.6. The number of rotatable bonds is 6. The lowest BCUT2D eigenvalue weighted by molar-refractivity contribution is 0.0812. The molecule has 0 aliphatic heterocycles. The van der Waals surface area contributed by atoms with Gasteiger partial charge in [0.1, 0.15) is 11.9 Å². The Hall–Kier alpha value is -0.953. The highest BCUT2D eigenvalue weighted by atomic mass is 35.5. The predicted molar refractivity (Wildman–Crippen MR) is 87.3 cm³/mol. The minimum absolute atomic E-state index is 0.355. The van der Waals surface area contributed by atoms with Crippen LogP contribution >= 0.6 is 11.6 Å². The Morgan fingerprint density at radius 3 is 2.71 bits per heavy atom. The van der Waals surface area contributed by atoms with Crippen LogP contribution in [-0.2, 0) is 11.5 Å². The van der Waals surface area contributed by atoms with Crippen molar-refractivity contribution in [1.82, 2.24) is 14.8 Å². The van der Waals surface area contributed by atoms with Crippen LogP contribution in [-0.4, -0.2) is 34.6 Å². The van der Waals surface area contributed by atoms with Crippen molar-refractivity contribution >= 4 is 30.6 Å². The van der Waals surface area contributed by atoms with Gasteiger partial charge in [-0.2, -0.15) is 5.10 Å². The Bertz CT molecular complexity index is 622. The van der Waals surface area contributed by atoms with Crippen LogP contribution in [0.3, 0.4) is 0 Å². The van der Waals surface area contributed by atoms with Gasteiger partial charge >= 0.3 is 0 Å². The van der Waals surface area contributed by atoms with Crippen molar-refractivity contribution in [3.8, 4) is 0 Å². The summed E-state index contributed by atoms with van der Waals surface area (Å²) >= 11 is 6.09. The third-order valence-corrected chi connectivity index (χ3v) is 5.32. The Balaban J connectivity index is 2.19. The Kier molecular flexibility index (Phi) is 5.03. The zero-order valence-corrected chi connectivity index (χ0v) is 14.7. The first-order valence-electron chi connectivity index (χ1n) is 7.05. The number of aliphatic hydroxyl groups excluding tert-OH is 1. The van der Waals surface area contributed by atoms with Gasteiger partial charge in [0.05, 0.1) is 23.2 Å². The van der Waals surface area contributed by atoms with E-state index in [4.69, 9.17) is 16.3 Å². The summed E-state index contributed by atoms with van der Waals surface area (Å²) in [4.78, 5) is 4.09. The molecule has 2 rings (SSSR count). The largest absolute Gasteiger partial charge is 0.389 e. The molecule has 2 heterocycles. The van der Waals surface area contributed by atoms with Crippen molar-refractivity contribution < 1.29 is 9.84 Å². The maximum Gasteiger partial charge on any atom is 0.140 e. The van der Waals surface area contributed by atoms with E-state index in [1.54, 1.807) is 24.0 Å². The molecular weight excluding hydrogens is 306 g/mol. The molecule has 116 valence electrons. The molecule has 0 saturated carbocycles. The van der Waals surface area contributed by atoms with Gasteiger partial charge in [-0.3, -0.25) is 0 Å². The first kappa shape index (κ1) is 16.4. The van der Waals surface area contributed by atoms with E-state index in [1.165, 1.54) is 0 Å². The van der Waals surface area contributed by atoms with Gasteiger partial charge in [0.25, 0.3) is 0 Å². The first-order valence-corrected chi connectivity index (χ1v) is 11.1. The molecule has 2 aromatic rings. The summed E-state index contributed by atoms with van der Waals surface area (Å²) < 4.78 is 7.46. The molecule has 0 bridgehead atoms. The van der Waals surface area contributed by atoms with Gasteiger partial charge in [-0.25, -0.2) is 9.67 Å². The minimum atomic E-state index is -1.10. The van der Waals surface area contributed by atoms with Crippen LogP contribution in [0.1, 0.15) is 18.6 Å². The summed E-state index contributed by atoms with van der Waals surface area (Å²) in [6.45, 7) is 9.73. The molecule has 0 amide bonds. The van der Waals surface area contributed by atoms with Crippen LogP contribution in [0.2, 0.25) is 30.8 Å². The number of nitrogens with zero attached hydrogens (tertiary/aromatic N) is 3. The third-order valence-electron chi connectivity index (χ3n) is 3.31. The van der Waals surface area contributed by atoms with Crippen molar-refractivity contribution in [2.75, 3.05) is 6.61 Å². The number of hydrogen-bond acceptors (Lipinski definition) is 4. The number of ether oxygens (including phenoxy) is 1. The summed E-state index contributed by atoms with van der Waals surface area (Å²) in [5.41, 5.74) is 1.50. The van der Waals surface area contributed by atoms with Crippen LogP contribution in [0.15, 0.2) is 12.4 Å². The fourth-order valence-electron chi connectivity index (χ4n) is 2.03. The SMILES string of the molecule is CC(O)c1cnc(Cl)c2cnn(COCC[Si](C)(C)C)c12. The number of hydrogen-bond donors (Lipinski definition) is 1. The van der Waals surface area contributed by atoms with E-state index >= 15 is 0 Å². The monoisotopic (exact) mass is 327 g/mol. The molecule has 1 N–H and O–H groups in total. The molecular formula is C14H22ClN3O2Si. The molecule has 1 atom stereocenters. The average molecular weight is 328 g/mol. The van der Waals surface area contributed by atoms with E-state index in [1.807, 2.05) is 0 Å². The zero-order valence-electron chi connectivity index (χ0n) is 12.9. The van der Waals surface area contributed by atoms with Gasteiger partial charge in [0, 0.05) is 26.4 Å². The second-order valence-corrected chi connectivity index (χ2v) is 12.4. The van der Waals surface area contributed by atoms with Crippen molar-refractivity contribution in [3.63, 3.8) is 0 Å². The second-order valence-electron chi connectivity index (χ2n) is 6.43. The maximum absolute atomic E-state index is 9.87. The molecule has 1 unspecified atom stereocenters. The minimum Gasteiger partial charge on any atom is -0.389 e. The maximum atomic E-state index is 9.87. The normalized spacial score (nSPS) is 13.8. The molecule has 0 fully saturated rings. The number of halogens is 1. The quantitative estimate of drug-likeness (QED) is 0.501. The van der Waals surface area contributed by atoms with E-state index in [9.17, 15) is 5.11 Å². The molecule has 0 aromatic carbocycles. The van der Waals surface area contributed by atoms with Crippen molar-refractivity contribution in [3.05, 3.63) is 23.1 Å². The summed E-state index contributed by atoms with van der Waals surface area (Å²) in [5, 5.41) is 15.3. The Labute approximate surface area is 130 Å². The smallest absolute Gasteiger partial charge is 0.140 e. The van der Waals surface area contributed by atoms with Crippen molar-refractivity contribution in [1.29, 1.82) is 0 Å². The van der Waals surface area contributed by atoms with E-state index in [0.717, 1.165) is 23.6 Å². The van der Waals surface area contributed by atoms with Gasteiger partial charge < -0.3 is 9.84 Å². The van der Waals surface area contributed by atoms with E-state index < -0.39 is 14.2 Å².